The zero-order valence-corrected chi connectivity index (χ0v) is 18.8. The number of pyridine rings is 1. The van der Waals surface area contributed by atoms with E-state index in [0.29, 0.717) is 18.5 Å². The molecule has 1 amide bonds. The SMILES string of the molecule is CS(=O)(=O)Nc1ccc(CNC(=O)/C=C/c2ccc(C(F)(F)F)nc2N2CCC(O)C2)cc1F. The summed E-state index contributed by atoms with van der Waals surface area (Å²) in [6.07, 6.45) is -1.64. The maximum Gasteiger partial charge on any atom is 0.433 e. The number of hydrogen-bond acceptors (Lipinski definition) is 6. The minimum Gasteiger partial charge on any atom is -0.391 e. The van der Waals surface area contributed by atoms with Crippen LogP contribution in [0.2, 0.25) is 0 Å². The number of aliphatic hydroxyl groups is 1. The van der Waals surface area contributed by atoms with Crippen molar-refractivity contribution in [1.29, 1.82) is 0 Å². The fourth-order valence-corrected chi connectivity index (χ4v) is 3.86. The number of nitrogens with one attached hydrogen (secondary N) is 2. The molecule has 184 valence electrons. The lowest BCUT2D eigenvalue weighted by Crippen LogP contribution is -2.24. The molecule has 2 heterocycles. The molecule has 0 spiro atoms. The Bertz CT molecular complexity index is 1200. The van der Waals surface area contributed by atoms with Crippen molar-refractivity contribution in [2.45, 2.75) is 25.2 Å². The molecule has 3 N–H and O–H groups in total. The van der Waals surface area contributed by atoms with E-state index in [4.69, 9.17) is 0 Å². The second-order valence-corrected chi connectivity index (χ2v) is 9.48. The van der Waals surface area contributed by atoms with Gasteiger partial charge in [-0.25, -0.2) is 17.8 Å². The molecule has 0 saturated carbocycles. The number of anilines is 2. The van der Waals surface area contributed by atoms with Crippen LogP contribution < -0.4 is 14.9 Å². The van der Waals surface area contributed by atoms with Crippen LogP contribution in [0.4, 0.5) is 29.1 Å². The van der Waals surface area contributed by atoms with E-state index in [9.17, 15) is 35.9 Å². The third-order valence-electron chi connectivity index (χ3n) is 4.87. The van der Waals surface area contributed by atoms with E-state index in [1.807, 2.05) is 4.72 Å². The standard InChI is InChI=1S/C21H22F4N4O4S/c1-34(32,33)28-17-5-2-13(10-16(17)22)11-26-19(31)7-4-14-3-6-18(21(23,24)25)27-20(14)29-9-8-15(30)12-29/h2-7,10,15,28,30H,8-9,11-12H2,1H3,(H,26,31)/b7-4+. The summed E-state index contributed by atoms with van der Waals surface area (Å²) in [4.78, 5) is 17.4. The summed E-state index contributed by atoms with van der Waals surface area (Å²) in [5, 5.41) is 12.2. The first-order chi connectivity index (χ1) is 15.8. The average molecular weight is 502 g/mol. The van der Waals surface area contributed by atoms with Gasteiger partial charge in [-0.3, -0.25) is 9.52 Å². The van der Waals surface area contributed by atoms with Crippen molar-refractivity contribution in [3.05, 3.63) is 59.0 Å². The third kappa shape index (κ3) is 6.90. The lowest BCUT2D eigenvalue weighted by molar-refractivity contribution is -0.141. The molecule has 1 fully saturated rings. The van der Waals surface area contributed by atoms with Gasteiger partial charge in [0.25, 0.3) is 0 Å². The molecule has 13 heteroatoms. The van der Waals surface area contributed by atoms with Crippen LogP contribution in [0.5, 0.6) is 0 Å². The van der Waals surface area contributed by atoms with Crippen LogP contribution in [0.25, 0.3) is 6.08 Å². The maximum atomic E-state index is 14.0. The Morgan fingerprint density at radius 1 is 1.29 bits per heavy atom. The summed E-state index contributed by atoms with van der Waals surface area (Å²) in [7, 11) is -3.65. The monoisotopic (exact) mass is 502 g/mol. The Kier molecular flexibility index (Phi) is 7.46. The Balaban J connectivity index is 1.70. The number of amides is 1. The number of aliphatic hydroxyl groups excluding tert-OH is 1. The van der Waals surface area contributed by atoms with Gasteiger partial charge in [0, 0.05) is 31.3 Å². The zero-order chi connectivity index (χ0) is 25.1. The second-order valence-electron chi connectivity index (χ2n) is 7.74. The van der Waals surface area contributed by atoms with E-state index in [2.05, 4.69) is 10.3 Å². The summed E-state index contributed by atoms with van der Waals surface area (Å²) in [6.45, 7) is 0.366. The number of hydrogen-bond donors (Lipinski definition) is 3. The number of aromatic nitrogens is 1. The van der Waals surface area contributed by atoms with E-state index in [-0.39, 0.29) is 30.2 Å². The number of benzene rings is 1. The van der Waals surface area contributed by atoms with E-state index in [1.54, 1.807) is 0 Å². The molecule has 1 aromatic carbocycles. The van der Waals surface area contributed by atoms with Crippen LogP contribution in [0, 0.1) is 5.82 Å². The fraction of sp³-hybridized carbons (Fsp3) is 0.333. The van der Waals surface area contributed by atoms with Crippen LogP contribution in [0.3, 0.4) is 0 Å². The highest BCUT2D eigenvalue weighted by Gasteiger charge is 2.34. The zero-order valence-electron chi connectivity index (χ0n) is 17.9. The normalized spacial score (nSPS) is 16.8. The predicted octanol–water partition coefficient (Wildman–Crippen LogP) is 2.51. The van der Waals surface area contributed by atoms with E-state index >= 15 is 0 Å². The van der Waals surface area contributed by atoms with Gasteiger partial charge >= 0.3 is 6.18 Å². The number of nitrogens with zero attached hydrogens (tertiary/aromatic N) is 2. The van der Waals surface area contributed by atoms with Crippen LogP contribution >= 0.6 is 0 Å². The Morgan fingerprint density at radius 3 is 2.62 bits per heavy atom. The second kappa shape index (κ2) is 9.97. The first kappa shape index (κ1) is 25.4. The van der Waals surface area contributed by atoms with Gasteiger partial charge in [0.15, 0.2) is 0 Å². The molecule has 0 aliphatic carbocycles. The average Bonchev–Trinajstić information content (AvgIpc) is 3.17. The molecule has 1 aliphatic heterocycles. The molecule has 2 aromatic rings. The lowest BCUT2D eigenvalue weighted by Gasteiger charge is -2.20. The minimum atomic E-state index is -4.64. The molecular formula is C21H22F4N4O4S. The molecule has 1 aliphatic rings. The van der Waals surface area contributed by atoms with Crippen molar-refractivity contribution < 1.29 is 35.9 Å². The van der Waals surface area contributed by atoms with Crippen molar-refractivity contribution in [2.24, 2.45) is 0 Å². The molecule has 3 rings (SSSR count). The number of sulfonamides is 1. The van der Waals surface area contributed by atoms with Gasteiger partial charge in [-0.05, 0) is 42.3 Å². The fourth-order valence-electron chi connectivity index (χ4n) is 3.30. The first-order valence-electron chi connectivity index (χ1n) is 10.1. The Hall–Kier alpha value is -3.19. The van der Waals surface area contributed by atoms with Gasteiger partial charge in [-0.2, -0.15) is 13.2 Å². The molecular weight excluding hydrogens is 480 g/mol. The number of carbonyl (C=O) groups is 1. The summed E-state index contributed by atoms with van der Waals surface area (Å²) in [6, 6.07) is 5.72. The first-order valence-corrected chi connectivity index (χ1v) is 11.9. The molecule has 8 nitrogen and oxygen atoms in total. The van der Waals surface area contributed by atoms with Crippen LogP contribution in [0.15, 0.2) is 36.4 Å². The molecule has 1 atom stereocenters. The number of carbonyl (C=O) groups excluding carboxylic acids is 1. The van der Waals surface area contributed by atoms with E-state index in [0.717, 1.165) is 24.5 Å². The predicted molar refractivity (Wildman–Crippen MR) is 118 cm³/mol. The summed E-state index contributed by atoms with van der Waals surface area (Å²) >= 11 is 0. The van der Waals surface area contributed by atoms with Crippen molar-refractivity contribution in [1.82, 2.24) is 10.3 Å². The van der Waals surface area contributed by atoms with Crippen molar-refractivity contribution >= 4 is 33.5 Å². The topological polar surface area (TPSA) is 112 Å². The summed E-state index contributed by atoms with van der Waals surface area (Å²) in [5.41, 5.74) is -0.686. The molecule has 34 heavy (non-hydrogen) atoms. The molecule has 1 saturated heterocycles. The van der Waals surface area contributed by atoms with Gasteiger partial charge < -0.3 is 15.3 Å². The van der Waals surface area contributed by atoms with Gasteiger partial charge in [0.2, 0.25) is 15.9 Å². The van der Waals surface area contributed by atoms with Crippen LogP contribution in [-0.4, -0.2) is 49.9 Å². The molecule has 0 radical (unpaired) electrons. The molecule has 1 unspecified atom stereocenters. The van der Waals surface area contributed by atoms with Gasteiger partial charge in [-0.1, -0.05) is 6.07 Å². The van der Waals surface area contributed by atoms with Gasteiger partial charge in [0.05, 0.1) is 18.0 Å². The summed E-state index contributed by atoms with van der Waals surface area (Å²) in [5.74, 6) is -1.40. The Labute approximate surface area is 193 Å². The largest absolute Gasteiger partial charge is 0.433 e. The maximum absolute atomic E-state index is 14.0. The number of β-amino-alcohol motifs (C(OH)–C–C–N with tert-alkyl or cyclic N) is 1. The van der Waals surface area contributed by atoms with Gasteiger partial charge in [-0.15, -0.1) is 0 Å². The highest BCUT2D eigenvalue weighted by molar-refractivity contribution is 7.92. The van der Waals surface area contributed by atoms with Gasteiger partial charge in [0.1, 0.15) is 17.3 Å². The lowest BCUT2D eigenvalue weighted by atomic mass is 10.2. The highest BCUT2D eigenvalue weighted by Crippen LogP contribution is 2.32. The van der Waals surface area contributed by atoms with Crippen molar-refractivity contribution in [3.63, 3.8) is 0 Å². The highest BCUT2D eigenvalue weighted by atomic mass is 32.2. The smallest absolute Gasteiger partial charge is 0.391 e. The van der Waals surface area contributed by atoms with Crippen LogP contribution in [0.1, 0.15) is 23.2 Å². The van der Waals surface area contributed by atoms with Crippen LogP contribution in [-0.2, 0) is 27.5 Å². The van der Waals surface area contributed by atoms with Crippen molar-refractivity contribution in [3.8, 4) is 0 Å². The summed E-state index contributed by atoms with van der Waals surface area (Å²) < 4.78 is 77.8. The number of rotatable bonds is 7. The third-order valence-corrected chi connectivity index (χ3v) is 5.46. The Morgan fingerprint density at radius 2 is 2.03 bits per heavy atom. The number of alkyl halides is 3. The molecule has 0 bridgehead atoms. The van der Waals surface area contributed by atoms with E-state index in [1.165, 1.54) is 29.2 Å². The van der Waals surface area contributed by atoms with E-state index < -0.39 is 39.7 Å². The number of halogens is 4. The molecule has 1 aromatic heterocycles. The van der Waals surface area contributed by atoms with Crippen molar-refractivity contribution in [2.75, 3.05) is 29.0 Å². The quantitative estimate of drug-likeness (QED) is 0.396. The minimum absolute atomic E-state index is 0.00598.